The molecule has 0 aliphatic carbocycles. The zero-order chi connectivity index (χ0) is 17.5. The number of anilines is 1. The first-order chi connectivity index (χ1) is 12.2. The molecule has 1 N–H and O–H groups in total. The fraction of sp³-hybridized carbons (Fsp3) is 0.438. The van der Waals surface area contributed by atoms with Crippen LogP contribution in [0.5, 0.6) is 0 Å². The first-order valence-corrected chi connectivity index (χ1v) is 9.96. The molecular weight excluding hydrogens is 361 g/mol. The lowest BCUT2D eigenvalue weighted by Crippen LogP contribution is -2.48. The molecular formula is C16H20FN5OS2. The SMILES string of the molecule is O=C(CSc1nncs1)NCCN1CCN(c2ccc(F)cc2)CC1. The number of rotatable bonds is 7. The second-order valence-electron chi connectivity index (χ2n) is 5.65. The van der Waals surface area contributed by atoms with Gasteiger partial charge in [0.15, 0.2) is 4.34 Å². The quantitative estimate of drug-likeness (QED) is 0.737. The van der Waals surface area contributed by atoms with Crippen molar-refractivity contribution in [2.75, 3.05) is 49.9 Å². The van der Waals surface area contributed by atoms with Gasteiger partial charge in [-0.25, -0.2) is 4.39 Å². The van der Waals surface area contributed by atoms with Crippen molar-refractivity contribution in [1.29, 1.82) is 0 Å². The van der Waals surface area contributed by atoms with Crippen molar-refractivity contribution in [2.45, 2.75) is 4.34 Å². The molecule has 1 aromatic carbocycles. The van der Waals surface area contributed by atoms with Gasteiger partial charge in [0.05, 0.1) is 5.75 Å². The Bertz CT molecular complexity index is 660. The topological polar surface area (TPSA) is 61.4 Å². The van der Waals surface area contributed by atoms with E-state index < -0.39 is 0 Å². The maximum Gasteiger partial charge on any atom is 0.230 e. The lowest BCUT2D eigenvalue weighted by molar-refractivity contribution is -0.118. The fourth-order valence-electron chi connectivity index (χ4n) is 2.64. The van der Waals surface area contributed by atoms with Gasteiger partial charge in [-0.2, -0.15) is 0 Å². The van der Waals surface area contributed by atoms with Gasteiger partial charge in [0, 0.05) is 45.0 Å². The summed E-state index contributed by atoms with van der Waals surface area (Å²) in [6.07, 6.45) is 0. The van der Waals surface area contributed by atoms with Gasteiger partial charge in [-0.3, -0.25) is 9.69 Å². The average molecular weight is 382 g/mol. The van der Waals surface area contributed by atoms with E-state index >= 15 is 0 Å². The van der Waals surface area contributed by atoms with Crippen molar-refractivity contribution in [3.8, 4) is 0 Å². The van der Waals surface area contributed by atoms with Crippen LogP contribution in [0.1, 0.15) is 0 Å². The molecule has 9 heteroatoms. The van der Waals surface area contributed by atoms with Crippen LogP contribution in [0.2, 0.25) is 0 Å². The fourth-order valence-corrected chi connectivity index (χ4v) is 3.96. The molecule has 1 fully saturated rings. The van der Waals surface area contributed by atoms with E-state index in [2.05, 4.69) is 25.3 Å². The van der Waals surface area contributed by atoms with E-state index in [0.717, 1.165) is 42.8 Å². The zero-order valence-corrected chi connectivity index (χ0v) is 15.4. The average Bonchev–Trinajstić information content (AvgIpc) is 3.15. The minimum atomic E-state index is -0.206. The molecule has 6 nitrogen and oxygen atoms in total. The molecule has 0 saturated carbocycles. The van der Waals surface area contributed by atoms with Crippen LogP contribution in [0.25, 0.3) is 0 Å². The van der Waals surface area contributed by atoms with Crippen LogP contribution in [0.4, 0.5) is 10.1 Å². The van der Waals surface area contributed by atoms with Crippen molar-refractivity contribution in [3.63, 3.8) is 0 Å². The predicted octanol–water partition coefficient (Wildman–Crippen LogP) is 1.71. The second-order valence-corrected chi connectivity index (χ2v) is 7.70. The van der Waals surface area contributed by atoms with E-state index in [0.29, 0.717) is 12.3 Å². The lowest BCUT2D eigenvalue weighted by atomic mass is 10.2. The first-order valence-electron chi connectivity index (χ1n) is 8.09. The van der Waals surface area contributed by atoms with Gasteiger partial charge in [-0.1, -0.05) is 23.1 Å². The van der Waals surface area contributed by atoms with Crippen LogP contribution in [0.3, 0.4) is 0 Å². The highest BCUT2D eigenvalue weighted by molar-refractivity contribution is 8.01. The molecule has 1 aromatic heterocycles. The van der Waals surface area contributed by atoms with Crippen molar-refractivity contribution < 1.29 is 9.18 Å². The molecule has 1 saturated heterocycles. The van der Waals surface area contributed by atoms with Gasteiger partial charge in [0.25, 0.3) is 0 Å². The summed E-state index contributed by atoms with van der Waals surface area (Å²) < 4.78 is 13.8. The highest BCUT2D eigenvalue weighted by atomic mass is 32.2. The molecule has 0 atom stereocenters. The summed E-state index contributed by atoms with van der Waals surface area (Å²) in [7, 11) is 0. The van der Waals surface area contributed by atoms with Crippen molar-refractivity contribution in [3.05, 3.63) is 35.6 Å². The van der Waals surface area contributed by atoms with Crippen molar-refractivity contribution in [2.24, 2.45) is 0 Å². The van der Waals surface area contributed by atoms with Crippen LogP contribution in [-0.2, 0) is 4.79 Å². The molecule has 0 bridgehead atoms. The molecule has 134 valence electrons. The molecule has 2 heterocycles. The molecule has 1 aliphatic rings. The number of thioether (sulfide) groups is 1. The number of hydrogen-bond acceptors (Lipinski definition) is 7. The number of amides is 1. The number of carbonyl (C=O) groups is 1. The van der Waals surface area contributed by atoms with Crippen LogP contribution in [0.15, 0.2) is 34.1 Å². The molecule has 3 rings (SSSR count). The van der Waals surface area contributed by atoms with E-state index in [9.17, 15) is 9.18 Å². The molecule has 0 spiro atoms. The second kappa shape index (κ2) is 9.12. The Labute approximate surface area is 154 Å². The summed E-state index contributed by atoms with van der Waals surface area (Å²) in [5.74, 6) is 0.181. The Morgan fingerprint density at radius 1 is 1.24 bits per heavy atom. The molecule has 25 heavy (non-hydrogen) atoms. The number of nitrogens with zero attached hydrogens (tertiary/aromatic N) is 4. The van der Waals surface area contributed by atoms with Crippen LogP contribution >= 0.6 is 23.1 Å². The molecule has 1 amide bonds. The molecule has 0 unspecified atom stereocenters. The maximum atomic E-state index is 13.0. The summed E-state index contributed by atoms with van der Waals surface area (Å²) in [6.45, 7) is 5.18. The third-order valence-electron chi connectivity index (χ3n) is 3.98. The summed E-state index contributed by atoms with van der Waals surface area (Å²) in [4.78, 5) is 16.4. The van der Waals surface area contributed by atoms with E-state index in [1.165, 1.54) is 35.2 Å². The normalized spacial score (nSPS) is 15.3. The lowest BCUT2D eigenvalue weighted by Gasteiger charge is -2.36. The van der Waals surface area contributed by atoms with Crippen LogP contribution in [0, 0.1) is 5.82 Å². The van der Waals surface area contributed by atoms with Crippen LogP contribution in [-0.4, -0.2) is 66.0 Å². The van der Waals surface area contributed by atoms with E-state index in [4.69, 9.17) is 0 Å². The van der Waals surface area contributed by atoms with Gasteiger partial charge in [0.1, 0.15) is 11.3 Å². The minimum absolute atomic E-state index is 0.0187. The van der Waals surface area contributed by atoms with Gasteiger partial charge in [0.2, 0.25) is 5.91 Å². The highest BCUT2D eigenvalue weighted by Gasteiger charge is 2.17. The third kappa shape index (κ3) is 5.65. The summed E-state index contributed by atoms with van der Waals surface area (Å²) in [5, 5.41) is 10.6. The standard InChI is InChI=1S/C16H20FN5OS2/c17-13-1-3-14(4-2-13)22-9-7-21(8-10-22)6-5-18-15(23)11-24-16-20-19-12-25-16/h1-4,12H,5-11H2,(H,18,23). The van der Waals surface area contributed by atoms with Gasteiger partial charge >= 0.3 is 0 Å². The Kier molecular flexibility index (Phi) is 6.60. The summed E-state index contributed by atoms with van der Waals surface area (Å²) >= 11 is 2.84. The Morgan fingerprint density at radius 3 is 2.68 bits per heavy atom. The number of piperazine rings is 1. The Morgan fingerprint density at radius 2 is 2.00 bits per heavy atom. The van der Waals surface area contributed by atoms with Crippen molar-refractivity contribution >= 4 is 34.7 Å². The van der Waals surface area contributed by atoms with E-state index in [-0.39, 0.29) is 11.7 Å². The number of aromatic nitrogens is 2. The van der Waals surface area contributed by atoms with E-state index in [1.54, 1.807) is 5.51 Å². The van der Waals surface area contributed by atoms with Crippen molar-refractivity contribution in [1.82, 2.24) is 20.4 Å². The monoisotopic (exact) mass is 381 g/mol. The predicted molar refractivity (Wildman–Crippen MR) is 98.7 cm³/mol. The third-order valence-corrected chi connectivity index (χ3v) is 5.84. The number of hydrogen-bond donors (Lipinski definition) is 1. The number of halogens is 1. The smallest absolute Gasteiger partial charge is 0.230 e. The number of benzene rings is 1. The number of carbonyl (C=O) groups excluding carboxylic acids is 1. The van der Waals surface area contributed by atoms with Gasteiger partial charge in [-0.15, -0.1) is 10.2 Å². The molecule has 1 aliphatic heterocycles. The zero-order valence-electron chi connectivity index (χ0n) is 13.7. The number of nitrogens with one attached hydrogen (secondary N) is 1. The van der Waals surface area contributed by atoms with Gasteiger partial charge in [-0.05, 0) is 24.3 Å². The largest absolute Gasteiger partial charge is 0.369 e. The summed E-state index contributed by atoms with van der Waals surface area (Å²) in [6, 6.07) is 6.63. The van der Waals surface area contributed by atoms with Gasteiger partial charge < -0.3 is 10.2 Å². The Balaban J connectivity index is 1.31. The minimum Gasteiger partial charge on any atom is -0.369 e. The molecule has 2 aromatic rings. The highest BCUT2D eigenvalue weighted by Crippen LogP contribution is 2.18. The first kappa shape index (κ1) is 18.1. The Hall–Kier alpha value is -1.71. The summed E-state index contributed by atoms with van der Waals surface area (Å²) in [5.41, 5.74) is 2.72. The molecule has 0 radical (unpaired) electrons. The van der Waals surface area contributed by atoms with E-state index in [1.807, 2.05) is 12.1 Å². The van der Waals surface area contributed by atoms with Crippen LogP contribution < -0.4 is 10.2 Å². The maximum absolute atomic E-state index is 13.0.